The molecule has 0 spiro atoms. The molecule has 2 aromatic heterocycles. The Bertz CT molecular complexity index is 1130. The van der Waals surface area contributed by atoms with E-state index in [0.717, 1.165) is 17.3 Å². The van der Waals surface area contributed by atoms with Crippen molar-refractivity contribution in [2.75, 3.05) is 13.1 Å². The standard InChI is InChI=1S/C20H19FN6O/c21-14-4-1-3-12(9-14)17-11-24-19(25-17)18-15-10-13(5-6-16(15)26-27-18)20(28)23-8-2-7-22/h1,3-6,9-11H,2,7-8,22H2,(H,23,28)(H,24,25)(H,26,27). The number of hydrogen-bond acceptors (Lipinski definition) is 4. The summed E-state index contributed by atoms with van der Waals surface area (Å²) in [5, 5.41) is 10.9. The monoisotopic (exact) mass is 378 g/mol. The number of amides is 1. The fourth-order valence-electron chi connectivity index (χ4n) is 2.99. The van der Waals surface area contributed by atoms with Gasteiger partial charge >= 0.3 is 0 Å². The number of carbonyl (C=O) groups is 1. The maximum Gasteiger partial charge on any atom is 0.251 e. The first-order chi connectivity index (χ1) is 13.7. The van der Waals surface area contributed by atoms with Gasteiger partial charge in [-0.2, -0.15) is 5.10 Å². The molecule has 2 heterocycles. The Kier molecular flexibility index (Phi) is 4.86. The lowest BCUT2D eigenvalue weighted by Crippen LogP contribution is -2.25. The minimum atomic E-state index is -0.316. The number of carbonyl (C=O) groups excluding carboxylic acids is 1. The third kappa shape index (κ3) is 3.49. The van der Waals surface area contributed by atoms with Crippen LogP contribution in [0, 0.1) is 5.82 Å². The maximum atomic E-state index is 13.5. The van der Waals surface area contributed by atoms with Crippen molar-refractivity contribution in [3.05, 3.63) is 60.0 Å². The van der Waals surface area contributed by atoms with Gasteiger partial charge in [0.1, 0.15) is 11.5 Å². The van der Waals surface area contributed by atoms with E-state index in [1.807, 2.05) is 0 Å². The molecule has 4 aromatic rings. The van der Waals surface area contributed by atoms with Crippen LogP contribution >= 0.6 is 0 Å². The van der Waals surface area contributed by atoms with Crippen LogP contribution in [0.4, 0.5) is 4.39 Å². The van der Waals surface area contributed by atoms with Crippen LogP contribution in [0.2, 0.25) is 0 Å². The van der Waals surface area contributed by atoms with Gasteiger partial charge in [-0.1, -0.05) is 12.1 Å². The summed E-state index contributed by atoms with van der Waals surface area (Å²) in [5.41, 5.74) is 8.74. The molecule has 0 bridgehead atoms. The van der Waals surface area contributed by atoms with Gasteiger partial charge in [0.05, 0.1) is 17.4 Å². The number of aromatic nitrogens is 4. The third-order valence-electron chi connectivity index (χ3n) is 4.43. The number of halogens is 1. The second kappa shape index (κ2) is 7.61. The van der Waals surface area contributed by atoms with Crippen molar-refractivity contribution in [2.24, 2.45) is 5.73 Å². The molecule has 0 aliphatic rings. The molecule has 0 saturated carbocycles. The molecule has 5 N–H and O–H groups in total. The average molecular weight is 378 g/mol. The van der Waals surface area contributed by atoms with Crippen molar-refractivity contribution in [3.8, 4) is 22.8 Å². The fraction of sp³-hybridized carbons (Fsp3) is 0.150. The molecular formula is C20H19FN6O. The van der Waals surface area contributed by atoms with Gasteiger partial charge in [-0.25, -0.2) is 9.37 Å². The van der Waals surface area contributed by atoms with Crippen LogP contribution in [0.25, 0.3) is 33.7 Å². The van der Waals surface area contributed by atoms with Crippen molar-refractivity contribution in [1.29, 1.82) is 0 Å². The van der Waals surface area contributed by atoms with Crippen molar-refractivity contribution in [3.63, 3.8) is 0 Å². The number of nitrogens with one attached hydrogen (secondary N) is 3. The smallest absolute Gasteiger partial charge is 0.251 e. The summed E-state index contributed by atoms with van der Waals surface area (Å²) in [4.78, 5) is 19.9. The van der Waals surface area contributed by atoms with Crippen LogP contribution in [0.5, 0.6) is 0 Å². The van der Waals surface area contributed by atoms with Gasteiger partial charge in [0.15, 0.2) is 5.82 Å². The quantitative estimate of drug-likeness (QED) is 0.386. The summed E-state index contributed by atoms with van der Waals surface area (Å²) in [7, 11) is 0. The van der Waals surface area contributed by atoms with Gasteiger partial charge in [-0.15, -0.1) is 0 Å². The molecule has 8 heteroatoms. The van der Waals surface area contributed by atoms with Crippen LogP contribution in [0.1, 0.15) is 16.8 Å². The number of H-pyrrole nitrogens is 2. The van der Waals surface area contributed by atoms with E-state index in [9.17, 15) is 9.18 Å². The van der Waals surface area contributed by atoms with Crippen molar-refractivity contribution in [1.82, 2.24) is 25.5 Å². The number of nitrogens with zero attached hydrogens (tertiary/aromatic N) is 2. The van der Waals surface area contributed by atoms with Crippen LogP contribution in [0.3, 0.4) is 0 Å². The predicted octanol–water partition coefficient (Wildman–Crippen LogP) is 2.84. The molecule has 0 radical (unpaired) electrons. The minimum absolute atomic E-state index is 0.164. The molecule has 7 nitrogen and oxygen atoms in total. The lowest BCUT2D eigenvalue weighted by molar-refractivity contribution is 0.0953. The van der Waals surface area contributed by atoms with Crippen molar-refractivity contribution in [2.45, 2.75) is 6.42 Å². The van der Waals surface area contributed by atoms with E-state index < -0.39 is 0 Å². The molecule has 2 aromatic carbocycles. The summed E-state index contributed by atoms with van der Waals surface area (Å²) in [6.45, 7) is 1.05. The highest BCUT2D eigenvalue weighted by atomic mass is 19.1. The van der Waals surface area contributed by atoms with Gasteiger partial charge < -0.3 is 16.0 Å². The Morgan fingerprint density at radius 2 is 2.11 bits per heavy atom. The topological polar surface area (TPSA) is 112 Å². The van der Waals surface area contributed by atoms with Gasteiger partial charge in [0.25, 0.3) is 5.91 Å². The lowest BCUT2D eigenvalue weighted by atomic mass is 10.1. The molecule has 0 aliphatic carbocycles. The number of nitrogens with two attached hydrogens (primary N) is 1. The van der Waals surface area contributed by atoms with E-state index >= 15 is 0 Å². The molecule has 28 heavy (non-hydrogen) atoms. The first kappa shape index (κ1) is 17.9. The summed E-state index contributed by atoms with van der Waals surface area (Å²) in [5.74, 6) is 0.0535. The molecule has 4 rings (SSSR count). The summed E-state index contributed by atoms with van der Waals surface area (Å²) in [6, 6.07) is 11.6. The zero-order valence-corrected chi connectivity index (χ0v) is 15.0. The number of rotatable bonds is 6. The Morgan fingerprint density at radius 3 is 2.93 bits per heavy atom. The fourth-order valence-corrected chi connectivity index (χ4v) is 2.99. The first-order valence-corrected chi connectivity index (χ1v) is 8.93. The number of hydrogen-bond donors (Lipinski definition) is 4. The number of imidazole rings is 1. The van der Waals surface area contributed by atoms with Crippen LogP contribution in [0.15, 0.2) is 48.7 Å². The number of aromatic amines is 2. The molecule has 0 aliphatic heterocycles. The highest BCUT2D eigenvalue weighted by Crippen LogP contribution is 2.27. The summed E-state index contributed by atoms with van der Waals surface area (Å²) >= 11 is 0. The lowest BCUT2D eigenvalue weighted by Gasteiger charge is -2.04. The van der Waals surface area contributed by atoms with E-state index in [4.69, 9.17) is 5.73 Å². The average Bonchev–Trinajstić information content (AvgIpc) is 3.34. The normalized spacial score (nSPS) is 11.1. The van der Waals surface area contributed by atoms with Crippen LogP contribution < -0.4 is 11.1 Å². The van der Waals surface area contributed by atoms with Gasteiger partial charge in [0.2, 0.25) is 0 Å². The van der Waals surface area contributed by atoms with E-state index in [-0.39, 0.29) is 11.7 Å². The van der Waals surface area contributed by atoms with E-state index in [1.54, 1.807) is 36.5 Å². The SMILES string of the molecule is NCCCNC(=O)c1ccc2[nH]nc(-c3ncc(-c4cccc(F)c4)[nH]3)c2c1. The predicted molar refractivity (Wildman–Crippen MR) is 105 cm³/mol. The van der Waals surface area contributed by atoms with E-state index in [1.165, 1.54) is 12.1 Å². The molecule has 0 atom stereocenters. The number of benzene rings is 2. The second-order valence-electron chi connectivity index (χ2n) is 6.39. The Hall–Kier alpha value is -3.52. The summed E-state index contributed by atoms with van der Waals surface area (Å²) in [6.07, 6.45) is 2.36. The van der Waals surface area contributed by atoms with Crippen molar-refractivity contribution < 1.29 is 9.18 Å². The zero-order chi connectivity index (χ0) is 19.5. The van der Waals surface area contributed by atoms with E-state index in [0.29, 0.717) is 41.4 Å². The first-order valence-electron chi connectivity index (χ1n) is 8.93. The summed E-state index contributed by atoms with van der Waals surface area (Å²) < 4.78 is 13.5. The zero-order valence-electron chi connectivity index (χ0n) is 15.0. The van der Waals surface area contributed by atoms with Crippen LogP contribution in [-0.4, -0.2) is 39.2 Å². The van der Waals surface area contributed by atoms with Gasteiger partial charge in [-0.3, -0.25) is 9.89 Å². The molecule has 0 fully saturated rings. The van der Waals surface area contributed by atoms with E-state index in [2.05, 4.69) is 25.5 Å². The minimum Gasteiger partial charge on any atom is -0.352 e. The second-order valence-corrected chi connectivity index (χ2v) is 6.39. The van der Waals surface area contributed by atoms with Gasteiger partial charge in [-0.05, 0) is 43.3 Å². The third-order valence-corrected chi connectivity index (χ3v) is 4.43. The van der Waals surface area contributed by atoms with Crippen LogP contribution in [-0.2, 0) is 0 Å². The molecule has 1 amide bonds. The molecule has 0 unspecified atom stereocenters. The highest BCUT2D eigenvalue weighted by molar-refractivity contribution is 6.01. The Balaban J connectivity index is 1.66. The highest BCUT2D eigenvalue weighted by Gasteiger charge is 2.15. The number of fused-ring (bicyclic) bond motifs is 1. The molecule has 142 valence electrons. The van der Waals surface area contributed by atoms with Gasteiger partial charge in [0, 0.05) is 23.1 Å². The maximum absolute atomic E-state index is 13.5. The molecular weight excluding hydrogens is 359 g/mol. The molecule has 0 saturated heterocycles. The Morgan fingerprint density at radius 1 is 1.21 bits per heavy atom. The Labute approximate surface area is 160 Å². The van der Waals surface area contributed by atoms with Crippen molar-refractivity contribution >= 4 is 16.8 Å². The largest absolute Gasteiger partial charge is 0.352 e.